The number of carboxylic acid groups (broad SMARTS) is 1. The zero-order valence-corrected chi connectivity index (χ0v) is 9.22. The molecule has 2 aromatic rings. The predicted octanol–water partition coefficient (Wildman–Crippen LogP) is 2.32. The molecule has 1 aromatic carbocycles. The van der Waals surface area contributed by atoms with Gasteiger partial charge in [0.2, 0.25) is 0 Å². The molecule has 0 atom stereocenters. The van der Waals surface area contributed by atoms with Crippen LogP contribution in [0.1, 0.15) is 21.5 Å². The monoisotopic (exact) mass is 241 g/mol. The van der Waals surface area contributed by atoms with Crippen molar-refractivity contribution in [1.29, 1.82) is 0 Å². The lowest BCUT2D eigenvalue weighted by atomic mass is 10.1. The Hall–Kier alpha value is -2.67. The van der Waals surface area contributed by atoms with E-state index in [2.05, 4.69) is 16.8 Å². The minimum Gasteiger partial charge on any atom is -0.478 e. The van der Waals surface area contributed by atoms with Gasteiger partial charge in [-0.25, -0.2) is 9.18 Å². The molecule has 4 heteroatoms. The van der Waals surface area contributed by atoms with Crippen LogP contribution in [0.25, 0.3) is 0 Å². The van der Waals surface area contributed by atoms with Crippen molar-refractivity contribution in [2.24, 2.45) is 0 Å². The lowest BCUT2D eigenvalue weighted by Gasteiger charge is -1.94. The number of aromatic carboxylic acids is 1. The summed E-state index contributed by atoms with van der Waals surface area (Å²) in [6.45, 7) is 0. The molecule has 0 spiro atoms. The first kappa shape index (κ1) is 11.8. The molecular weight excluding hydrogens is 233 g/mol. The van der Waals surface area contributed by atoms with Gasteiger partial charge in [-0.1, -0.05) is 11.8 Å². The van der Waals surface area contributed by atoms with E-state index in [-0.39, 0.29) is 11.1 Å². The molecule has 0 bridgehead atoms. The number of rotatable bonds is 1. The molecule has 18 heavy (non-hydrogen) atoms. The van der Waals surface area contributed by atoms with Crippen LogP contribution in [0, 0.1) is 17.7 Å². The summed E-state index contributed by atoms with van der Waals surface area (Å²) in [7, 11) is 0. The van der Waals surface area contributed by atoms with Gasteiger partial charge in [0.15, 0.2) is 5.82 Å². The standard InChI is InChI=1S/C14H8FNO2/c15-13-9-16-8-7-11(13)4-1-10-2-5-12(6-3-10)14(17)18/h2-3,5-9H,(H,17,18). The van der Waals surface area contributed by atoms with Crippen LogP contribution < -0.4 is 0 Å². The van der Waals surface area contributed by atoms with Crippen LogP contribution in [-0.2, 0) is 0 Å². The van der Waals surface area contributed by atoms with E-state index >= 15 is 0 Å². The molecule has 0 amide bonds. The van der Waals surface area contributed by atoms with Crippen molar-refractivity contribution in [2.75, 3.05) is 0 Å². The Labute approximate surface area is 103 Å². The highest BCUT2D eigenvalue weighted by atomic mass is 19.1. The van der Waals surface area contributed by atoms with Crippen molar-refractivity contribution in [2.45, 2.75) is 0 Å². The molecular formula is C14H8FNO2. The number of hydrogen-bond acceptors (Lipinski definition) is 2. The third-order valence-electron chi connectivity index (χ3n) is 2.25. The van der Waals surface area contributed by atoms with Crippen LogP contribution in [0.15, 0.2) is 42.7 Å². The largest absolute Gasteiger partial charge is 0.478 e. The van der Waals surface area contributed by atoms with Gasteiger partial charge < -0.3 is 5.11 Å². The second kappa shape index (κ2) is 5.11. The van der Waals surface area contributed by atoms with Crippen LogP contribution >= 0.6 is 0 Å². The average Bonchev–Trinajstić information content (AvgIpc) is 2.38. The average molecular weight is 241 g/mol. The first-order chi connectivity index (χ1) is 8.66. The van der Waals surface area contributed by atoms with Gasteiger partial charge in [-0.15, -0.1) is 0 Å². The zero-order valence-electron chi connectivity index (χ0n) is 9.22. The summed E-state index contributed by atoms with van der Waals surface area (Å²) >= 11 is 0. The Morgan fingerprint density at radius 3 is 2.50 bits per heavy atom. The summed E-state index contributed by atoms with van der Waals surface area (Å²) in [6, 6.07) is 7.55. The van der Waals surface area contributed by atoms with Crippen molar-refractivity contribution in [3.63, 3.8) is 0 Å². The number of aromatic nitrogens is 1. The minimum absolute atomic E-state index is 0.190. The Kier molecular flexibility index (Phi) is 3.35. The van der Waals surface area contributed by atoms with E-state index in [1.54, 1.807) is 12.1 Å². The fourth-order valence-corrected chi connectivity index (χ4v) is 1.31. The van der Waals surface area contributed by atoms with Crippen molar-refractivity contribution < 1.29 is 14.3 Å². The molecule has 0 saturated carbocycles. The summed E-state index contributed by atoms with van der Waals surface area (Å²) in [6.07, 6.45) is 2.55. The number of pyridine rings is 1. The molecule has 1 aromatic heterocycles. The lowest BCUT2D eigenvalue weighted by Crippen LogP contribution is -1.94. The molecule has 0 aliphatic rings. The summed E-state index contributed by atoms with van der Waals surface area (Å²) in [4.78, 5) is 14.3. The zero-order chi connectivity index (χ0) is 13.0. The first-order valence-electron chi connectivity index (χ1n) is 5.12. The third kappa shape index (κ3) is 2.71. The highest BCUT2D eigenvalue weighted by molar-refractivity contribution is 5.87. The van der Waals surface area contributed by atoms with E-state index < -0.39 is 11.8 Å². The normalized spacial score (nSPS) is 9.39. The topological polar surface area (TPSA) is 50.2 Å². The highest BCUT2D eigenvalue weighted by Gasteiger charge is 2.00. The summed E-state index contributed by atoms with van der Waals surface area (Å²) in [5, 5.41) is 8.73. The van der Waals surface area contributed by atoms with Crippen molar-refractivity contribution in [1.82, 2.24) is 4.98 Å². The number of carboxylic acids is 1. The maximum Gasteiger partial charge on any atom is 0.335 e. The Morgan fingerprint density at radius 1 is 1.17 bits per heavy atom. The van der Waals surface area contributed by atoms with Crippen LogP contribution in [-0.4, -0.2) is 16.1 Å². The second-order valence-electron chi connectivity index (χ2n) is 3.49. The van der Waals surface area contributed by atoms with Crippen molar-refractivity contribution in [3.05, 3.63) is 65.2 Å². The maximum atomic E-state index is 13.2. The predicted molar refractivity (Wildman–Crippen MR) is 63.6 cm³/mol. The van der Waals surface area contributed by atoms with Crippen LogP contribution in [0.3, 0.4) is 0 Å². The fraction of sp³-hybridized carbons (Fsp3) is 0. The maximum absolute atomic E-state index is 13.2. The Balaban J connectivity index is 2.25. The SMILES string of the molecule is O=C(O)c1ccc(C#Cc2ccncc2F)cc1. The molecule has 3 nitrogen and oxygen atoms in total. The Bertz CT molecular complexity index is 639. The highest BCUT2D eigenvalue weighted by Crippen LogP contribution is 2.05. The van der Waals surface area contributed by atoms with Crippen LogP contribution in [0.4, 0.5) is 4.39 Å². The van der Waals surface area contributed by atoms with Gasteiger partial charge in [0.25, 0.3) is 0 Å². The molecule has 0 aliphatic heterocycles. The molecule has 1 heterocycles. The van der Waals surface area contributed by atoms with E-state index in [0.717, 1.165) is 6.20 Å². The van der Waals surface area contributed by atoms with E-state index in [0.29, 0.717) is 5.56 Å². The smallest absolute Gasteiger partial charge is 0.335 e. The molecule has 0 unspecified atom stereocenters. The van der Waals surface area contributed by atoms with E-state index in [4.69, 9.17) is 5.11 Å². The molecule has 0 saturated heterocycles. The molecule has 0 aliphatic carbocycles. The van der Waals surface area contributed by atoms with E-state index in [9.17, 15) is 9.18 Å². The second-order valence-corrected chi connectivity index (χ2v) is 3.49. The number of carbonyl (C=O) groups is 1. The summed E-state index contributed by atoms with van der Waals surface area (Å²) < 4.78 is 13.2. The molecule has 0 fully saturated rings. The Morgan fingerprint density at radius 2 is 1.89 bits per heavy atom. The molecule has 0 radical (unpaired) electrons. The number of benzene rings is 1. The molecule has 88 valence electrons. The van der Waals surface area contributed by atoms with Crippen LogP contribution in [0.5, 0.6) is 0 Å². The number of halogens is 1. The van der Waals surface area contributed by atoms with Crippen molar-refractivity contribution in [3.8, 4) is 11.8 Å². The summed E-state index contributed by atoms with van der Waals surface area (Å²) in [5.74, 6) is 3.95. The molecule has 2 rings (SSSR count). The molecule has 1 N–H and O–H groups in total. The van der Waals surface area contributed by atoms with Gasteiger partial charge in [0.05, 0.1) is 17.3 Å². The van der Waals surface area contributed by atoms with E-state index in [1.807, 2.05) is 0 Å². The first-order valence-corrected chi connectivity index (χ1v) is 5.12. The van der Waals surface area contributed by atoms with Crippen molar-refractivity contribution >= 4 is 5.97 Å². The lowest BCUT2D eigenvalue weighted by molar-refractivity contribution is 0.0697. The third-order valence-corrected chi connectivity index (χ3v) is 2.25. The van der Waals surface area contributed by atoms with Gasteiger partial charge >= 0.3 is 5.97 Å². The van der Waals surface area contributed by atoms with Gasteiger partial charge in [-0.05, 0) is 30.3 Å². The number of nitrogens with zero attached hydrogens (tertiary/aromatic N) is 1. The van der Waals surface area contributed by atoms with Gasteiger partial charge in [-0.2, -0.15) is 0 Å². The fourth-order valence-electron chi connectivity index (χ4n) is 1.31. The minimum atomic E-state index is -0.991. The van der Waals surface area contributed by atoms with Gasteiger partial charge in [-0.3, -0.25) is 4.98 Å². The quantitative estimate of drug-likeness (QED) is 0.779. The van der Waals surface area contributed by atoms with Crippen LogP contribution in [0.2, 0.25) is 0 Å². The van der Waals surface area contributed by atoms with Gasteiger partial charge in [0, 0.05) is 11.8 Å². The van der Waals surface area contributed by atoms with E-state index in [1.165, 1.54) is 24.4 Å². The number of hydrogen-bond donors (Lipinski definition) is 1. The van der Waals surface area contributed by atoms with Gasteiger partial charge in [0.1, 0.15) is 0 Å². The summed E-state index contributed by atoms with van der Waals surface area (Å²) in [5.41, 5.74) is 1.07.